The molecule has 1 aromatic carbocycles. The van der Waals surface area contributed by atoms with Crippen molar-refractivity contribution in [1.29, 1.82) is 0 Å². The average molecular weight is 337 g/mol. The normalized spacial score (nSPS) is 13.4. The number of rotatable bonds is 6. The van der Waals surface area contributed by atoms with Gasteiger partial charge >= 0.3 is 0 Å². The number of carbonyl (C=O) groups excluding carboxylic acids is 1. The van der Waals surface area contributed by atoms with Gasteiger partial charge in [0.25, 0.3) is 5.91 Å². The van der Waals surface area contributed by atoms with Gasteiger partial charge in [0, 0.05) is 26.2 Å². The summed E-state index contributed by atoms with van der Waals surface area (Å²) in [6, 6.07) is 12.5. The van der Waals surface area contributed by atoms with Crippen LogP contribution in [0.25, 0.3) is 0 Å². The van der Waals surface area contributed by atoms with Gasteiger partial charge in [-0.25, -0.2) is 4.98 Å². The van der Waals surface area contributed by atoms with Crippen molar-refractivity contribution in [2.24, 2.45) is 0 Å². The third-order valence-electron chi connectivity index (χ3n) is 4.74. The first kappa shape index (κ1) is 17.5. The first-order valence-electron chi connectivity index (χ1n) is 9.30. The Kier molecular flexibility index (Phi) is 5.69. The van der Waals surface area contributed by atoms with Crippen LogP contribution in [0.15, 0.2) is 42.6 Å². The van der Waals surface area contributed by atoms with Gasteiger partial charge in [-0.2, -0.15) is 0 Å². The van der Waals surface area contributed by atoms with Crippen molar-refractivity contribution in [3.8, 4) is 0 Å². The molecule has 25 heavy (non-hydrogen) atoms. The minimum absolute atomic E-state index is 0.0410. The number of carbonyl (C=O) groups is 1. The molecule has 1 aliphatic rings. The zero-order valence-corrected chi connectivity index (χ0v) is 15.2. The quantitative estimate of drug-likeness (QED) is 0.802. The van der Waals surface area contributed by atoms with Crippen molar-refractivity contribution in [1.82, 2.24) is 9.88 Å². The number of hydrogen-bond donors (Lipinski definition) is 0. The van der Waals surface area contributed by atoms with Crippen LogP contribution in [-0.2, 0) is 13.0 Å². The predicted molar refractivity (Wildman–Crippen MR) is 102 cm³/mol. The van der Waals surface area contributed by atoms with Crippen molar-refractivity contribution < 1.29 is 4.79 Å². The molecule has 0 saturated heterocycles. The zero-order valence-electron chi connectivity index (χ0n) is 15.2. The Hall–Kier alpha value is -2.36. The molecule has 4 heteroatoms. The Labute approximate surface area is 150 Å². The monoisotopic (exact) mass is 337 g/mol. The average Bonchev–Trinajstić information content (AvgIpc) is 2.67. The van der Waals surface area contributed by atoms with Crippen molar-refractivity contribution >= 4 is 11.6 Å². The van der Waals surface area contributed by atoms with E-state index in [1.165, 1.54) is 11.1 Å². The highest BCUT2D eigenvalue weighted by molar-refractivity contribution is 5.92. The summed E-state index contributed by atoms with van der Waals surface area (Å²) in [6.45, 7) is 7.67. The summed E-state index contributed by atoms with van der Waals surface area (Å²) in [7, 11) is 0. The molecule has 0 aliphatic carbocycles. The van der Waals surface area contributed by atoms with Crippen LogP contribution >= 0.6 is 0 Å². The van der Waals surface area contributed by atoms with Gasteiger partial charge in [-0.15, -0.1) is 0 Å². The molecule has 0 N–H and O–H groups in total. The van der Waals surface area contributed by atoms with Crippen molar-refractivity contribution in [3.05, 3.63) is 59.4 Å². The minimum atomic E-state index is 0.0410. The van der Waals surface area contributed by atoms with Gasteiger partial charge < -0.3 is 9.80 Å². The second-order valence-electron chi connectivity index (χ2n) is 6.63. The number of pyridine rings is 1. The van der Waals surface area contributed by atoms with E-state index >= 15 is 0 Å². The molecule has 3 rings (SSSR count). The van der Waals surface area contributed by atoms with Gasteiger partial charge in [0.1, 0.15) is 5.69 Å². The maximum atomic E-state index is 12.6. The Morgan fingerprint density at radius 2 is 1.80 bits per heavy atom. The summed E-state index contributed by atoms with van der Waals surface area (Å²) >= 11 is 0. The Morgan fingerprint density at radius 3 is 2.44 bits per heavy atom. The highest BCUT2D eigenvalue weighted by Crippen LogP contribution is 2.24. The lowest BCUT2D eigenvalue weighted by atomic mass is 10.00. The van der Waals surface area contributed by atoms with Gasteiger partial charge in [-0.3, -0.25) is 4.79 Å². The van der Waals surface area contributed by atoms with E-state index in [-0.39, 0.29) is 5.91 Å². The molecular formula is C21H27N3O. The van der Waals surface area contributed by atoms with Crippen molar-refractivity contribution in [2.75, 3.05) is 24.5 Å². The van der Waals surface area contributed by atoms with Gasteiger partial charge in [-0.05, 0) is 42.5 Å². The van der Waals surface area contributed by atoms with Crippen LogP contribution in [-0.4, -0.2) is 35.4 Å². The highest BCUT2D eigenvalue weighted by Gasteiger charge is 2.18. The number of fused-ring (bicyclic) bond motifs is 1. The number of aromatic nitrogens is 1. The lowest BCUT2D eigenvalue weighted by Gasteiger charge is -2.30. The van der Waals surface area contributed by atoms with E-state index in [4.69, 9.17) is 0 Å². The molecule has 0 fully saturated rings. The van der Waals surface area contributed by atoms with Crippen LogP contribution in [0, 0.1) is 0 Å². The van der Waals surface area contributed by atoms with E-state index in [1.54, 1.807) is 0 Å². The molecule has 2 heterocycles. The lowest BCUT2D eigenvalue weighted by molar-refractivity contribution is 0.0749. The lowest BCUT2D eigenvalue weighted by Crippen LogP contribution is -2.33. The molecule has 4 nitrogen and oxygen atoms in total. The summed E-state index contributed by atoms with van der Waals surface area (Å²) in [6.07, 6.45) is 4.84. The number of nitrogens with zero attached hydrogens (tertiary/aromatic N) is 3. The molecule has 1 aliphatic heterocycles. The summed E-state index contributed by atoms with van der Waals surface area (Å²) in [5.74, 6) is 0.0410. The number of amides is 1. The first-order valence-corrected chi connectivity index (χ1v) is 9.30. The topological polar surface area (TPSA) is 36.4 Å². The van der Waals surface area contributed by atoms with Crippen LogP contribution < -0.4 is 4.90 Å². The van der Waals surface area contributed by atoms with Gasteiger partial charge in [0.2, 0.25) is 0 Å². The molecule has 1 amide bonds. The Bertz CT molecular complexity index is 705. The third kappa shape index (κ3) is 4.01. The van der Waals surface area contributed by atoms with Crippen molar-refractivity contribution in [2.45, 2.75) is 39.7 Å². The minimum Gasteiger partial charge on any atom is -0.366 e. The zero-order chi connectivity index (χ0) is 17.6. The number of hydrogen-bond acceptors (Lipinski definition) is 3. The highest BCUT2D eigenvalue weighted by atomic mass is 16.2. The SMILES string of the molecule is CCCN(CCC)C(=O)c1ccc(N2CCc3ccccc3C2)cn1. The molecule has 1 aromatic heterocycles. The molecule has 0 atom stereocenters. The summed E-state index contributed by atoms with van der Waals surface area (Å²) in [4.78, 5) is 21.3. The number of anilines is 1. The molecule has 0 radical (unpaired) electrons. The second kappa shape index (κ2) is 8.15. The Morgan fingerprint density at radius 1 is 1.08 bits per heavy atom. The summed E-state index contributed by atoms with van der Waals surface area (Å²) in [5.41, 5.74) is 4.45. The third-order valence-corrected chi connectivity index (χ3v) is 4.74. The van der Waals surface area contributed by atoms with Crippen LogP contribution in [0.3, 0.4) is 0 Å². The summed E-state index contributed by atoms with van der Waals surface area (Å²) in [5, 5.41) is 0. The summed E-state index contributed by atoms with van der Waals surface area (Å²) < 4.78 is 0. The molecule has 2 aromatic rings. The first-order chi connectivity index (χ1) is 12.2. The van der Waals surface area contributed by atoms with Crippen LogP contribution in [0.4, 0.5) is 5.69 Å². The Balaban J connectivity index is 1.71. The van der Waals surface area contributed by atoms with E-state index < -0.39 is 0 Å². The fourth-order valence-corrected chi connectivity index (χ4v) is 3.43. The smallest absolute Gasteiger partial charge is 0.272 e. The molecular weight excluding hydrogens is 310 g/mol. The standard InChI is InChI=1S/C21H27N3O/c1-3-12-23(13-4-2)21(25)20-10-9-19(15-22-20)24-14-11-17-7-5-6-8-18(17)16-24/h5-10,15H,3-4,11-14,16H2,1-2H3. The van der Waals surface area contributed by atoms with Gasteiger partial charge in [-0.1, -0.05) is 38.1 Å². The maximum absolute atomic E-state index is 12.6. The van der Waals surface area contributed by atoms with Crippen molar-refractivity contribution in [3.63, 3.8) is 0 Å². The molecule has 132 valence electrons. The largest absolute Gasteiger partial charge is 0.366 e. The number of benzene rings is 1. The van der Waals surface area contributed by atoms with Gasteiger partial charge in [0.15, 0.2) is 0 Å². The molecule has 0 saturated carbocycles. The van der Waals surface area contributed by atoms with E-state index in [0.29, 0.717) is 5.69 Å². The van der Waals surface area contributed by atoms with Crippen LogP contribution in [0.2, 0.25) is 0 Å². The molecule has 0 spiro atoms. The van der Waals surface area contributed by atoms with E-state index in [0.717, 1.165) is 51.1 Å². The van der Waals surface area contributed by atoms with Crippen LogP contribution in [0.5, 0.6) is 0 Å². The predicted octanol–water partition coefficient (Wildman–Crippen LogP) is 3.91. The maximum Gasteiger partial charge on any atom is 0.272 e. The molecule has 0 unspecified atom stereocenters. The second-order valence-corrected chi connectivity index (χ2v) is 6.63. The van der Waals surface area contributed by atoms with E-state index in [2.05, 4.69) is 48.0 Å². The van der Waals surface area contributed by atoms with E-state index in [1.807, 2.05) is 23.2 Å². The van der Waals surface area contributed by atoms with E-state index in [9.17, 15) is 4.79 Å². The fourth-order valence-electron chi connectivity index (χ4n) is 3.43. The molecule has 0 bridgehead atoms. The van der Waals surface area contributed by atoms with Gasteiger partial charge in [0.05, 0.1) is 11.9 Å². The van der Waals surface area contributed by atoms with Crippen LogP contribution in [0.1, 0.15) is 48.3 Å². The fraction of sp³-hybridized carbons (Fsp3) is 0.429.